The number of nitrogens with one attached hydrogen (secondary N) is 1. The second-order valence-corrected chi connectivity index (χ2v) is 6.05. The molecule has 0 aliphatic heterocycles. The summed E-state index contributed by atoms with van der Waals surface area (Å²) in [6.45, 7) is 2.81. The number of nitrogen functional groups attached to an aromatic ring is 1. The molecule has 0 radical (unpaired) electrons. The third kappa shape index (κ3) is 4.03. The predicted octanol–water partition coefficient (Wildman–Crippen LogP) is 4.34. The summed E-state index contributed by atoms with van der Waals surface area (Å²) in [6, 6.07) is 17.9. The molecule has 0 amide bonds. The minimum Gasteiger partial charge on any atom is -0.370 e. The van der Waals surface area contributed by atoms with Crippen molar-refractivity contribution in [2.75, 3.05) is 17.6 Å². The van der Waals surface area contributed by atoms with Gasteiger partial charge in [0.2, 0.25) is 5.95 Å². The van der Waals surface area contributed by atoms with Gasteiger partial charge in [-0.25, -0.2) is 4.98 Å². The molecule has 2 aromatic carbocycles. The second-order valence-electron chi connectivity index (χ2n) is 5.61. The van der Waals surface area contributed by atoms with E-state index in [1.54, 1.807) is 0 Å². The second kappa shape index (κ2) is 7.32. The fourth-order valence-corrected chi connectivity index (χ4v) is 2.67. The van der Waals surface area contributed by atoms with E-state index in [1.807, 2.05) is 48.5 Å². The highest BCUT2D eigenvalue weighted by Gasteiger charge is 2.07. The molecular formula is C19H19ClN4. The van der Waals surface area contributed by atoms with Crippen LogP contribution in [0.5, 0.6) is 0 Å². The smallest absolute Gasteiger partial charge is 0.222 e. The van der Waals surface area contributed by atoms with Crippen molar-refractivity contribution in [3.8, 4) is 11.3 Å². The molecule has 0 spiro atoms. The van der Waals surface area contributed by atoms with Gasteiger partial charge in [0, 0.05) is 23.2 Å². The number of anilines is 2. The molecule has 3 aromatic rings. The van der Waals surface area contributed by atoms with Gasteiger partial charge < -0.3 is 11.1 Å². The van der Waals surface area contributed by atoms with Crippen LogP contribution in [0.1, 0.15) is 11.1 Å². The van der Waals surface area contributed by atoms with Gasteiger partial charge >= 0.3 is 0 Å². The first kappa shape index (κ1) is 16.3. The maximum Gasteiger partial charge on any atom is 0.222 e. The van der Waals surface area contributed by atoms with E-state index in [-0.39, 0.29) is 5.95 Å². The summed E-state index contributed by atoms with van der Waals surface area (Å²) in [6.07, 6.45) is 0.876. The van der Waals surface area contributed by atoms with Crippen molar-refractivity contribution < 1.29 is 0 Å². The highest BCUT2D eigenvalue weighted by atomic mass is 35.5. The molecule has 0 fully saturated rings. The zero-order chi connectivity index (χ0) is 16.9. The van der Waals surface area contributed by atoms with Gasteiger partial charge in [0.1, 0.15) is 5.82 Å². The third-order valence-corrected chi connectivity index (χ3v) is 4.05. The molecule has 0 saturated heterocycles. The van der Waals surface area contributed by atoms with Crippen molar-refractivity contribution in [3.05, 3.63) is 70.7 Å². The third-order valence-electron chi connectivity index (χ3n) is 3.80. The predicted molar refractivity (Wildman–Crippen MR) is 100 cm³/mol. The lowest BCUT2D eigenvalue weighted by Gasteiger charge is -2.10. The maximum absolute atomic E-state index is 5.90. The lowest BCUT2D eigenvalue weighted by molar-refractivity contribution is 1.00. The average Bonchev–Trinajstić information content (AvgIpc) is 2.57. The van der Waals surface area contributed by atoms with Crippen LogP contribution in [0.15, 0.2) is 54.6 Å². The summed E-state index contributed by atoms with van der Waals surface area (Å²) in [5, 5.41) is 4.06. The first-order valence-electron chi connectivity index (χ1n) is 7.81. The first-order valence-corrected chi connectivity index (χ1v) is 8.18. The molecule has 5 heteroatoms. The Morgan fingerprint density at radius 3 is 2.54 bits per heavy atom. The van der Waals surface area contributed by atoms with Crippen molar-refractivity contribution in [2.45, 2.75) is 13.3 Å². The van der Waals surface area contributed by atoms with Gasteiger partial charge in [-0.3, -0.25) is 0 Å². The van der Waals surface area contributed by atoms with E-state index in [9.17, 15) is 0 Å². The maximum atomic E-state index is 5.90. The van der Waals surface area contributed by atoms with E-state index in [0.717, 1.165) is 40.6 Å². The SMILES string of the molecule is Cc1ccccc1-c1cc(NCCc2ccc(Cl)cc2)nc(N)n1. The first-order chi connectivity index (χ1) is 11.6. The monoisotopic (exact) mass is 338 g/mol. The van der Waals surface area contributed by atoms with E-state index in [4.69, 9.17) is 17.3 Å². The molecule has 1 aromatic heterocycles. The number of aromatic nitrogens is 2. The van der Waals surface area contributed by atoms with E-state index in [1.165, 1.54) is 5.56 Å². The van der Waals surface area contributed by atoms with Crippen molar-refractivity contribution in [1.29, 1.82) is 0 Å². The van der Waals surface area contributed by atoms with Crippen LogP contribution in [-0.2, 0) is 6.42 Å². The zero-order valence-electron chi connectivity index (χ0n) is 13.5. The standard InChI is InChI=1S/C19H19ClN4/c1-13-4-2-3-5-16(13)17-12-18(24-19(21)23-17)22-11-10-14-6-8-15(20)9-7-14/h2-9,12H,10-11H2,1H3,(H3,21,22,23,24). The molecule has 3 rings (SSSR count). The van der Waals surface area contributed by atoms with Crippen LogP contribution in [-0.4, -0.2) is 16.5 Å². The zero-order valence-corrected chi connectivity index (χ0v) is 14.2. The molecule has 0 atom stereocenters. The topological polar surface area (TPSA) is 63.8 Å². The Balaban J connectivity index is 1.72. The van der Waals surface area contributed by atoms with Crippen molar-refractivity contribution >= 4 is 23.4 Å². The van der Waals surface area contributed by atoms with Gasteiger partial charge in [-0.2, -0.15) is 4.98 Å². The van der Waals surface area contributed by atoms with Crippen LogP contribution >= 0.6 is 11.6 Å². The van der Waals surface area contributed by atoms with Crippen LogP contribution < -0.4 is 11.1 Å². The van der Waals surface area contributed by atoms with E-state index in [0.29, 0.717) is 0 Å². The minimum atomic E-state index is 0.268. The van der Waals surface area contributed by atoms with Gasteiger partial charge in [-0.05, 0) is 36.6 Å². The fraction of sp³-hybridized carbons (Fsp3) is 0.158. The summed E-state index contributed by atoms with van der Waals surface area (Å²) >= 11 is 5.90. The molecule has 0 unspecified atom stereocenters. The minimum absolute atomic E-state index is 0.268. The molecule has 122 valence electrons. The lowest BCUT2D eigenvalue weighted by atomic mass is 10.1. The number of halogens is 1. The summed E-state index contributed by atoms with van der Waals surface area (Å²) < 4.78 is 0. The number of rotatable bonds is 5. The Bertz CT molecular complexity index is 831. The highest BCUT2D eigenvalue weighted by Crippen LogP contribution is 2.23. The number of hydrogen-bond acceptors (Lipinski definition) is 4. The van der Waals surface area contributed by atoms with Crippen LogP contribution in [0, 0.1) is 6.92 Å². The summed E-state index contributed by atoms with van der Waals surface area (Å²) in [4.78, 5) is 8.62. The molecule has 24 heavy (non-hydrogen) atoms. The number of nitrogens with zero attached hydrogens (tertiary/aromatic N) is 2. The molecule has 3 N–H and O–H groups in total. The molecule has 0 aliphatic rings. The van der Waals surface area contributed by atoms with Gasteiger partial charge in [-0.15, -0.1) is 0 Å². The summed E-state index contributed by atoms with van der Waals surface area (Å²) in [7, 11) is 0. The molecule has 0 saturated carbocycles. The highest BCUT2D eigenvalue weighted by molar-refractivity contribution is 6.30. The number of nitrogens with two attached hydrogens (primary N) is 1. The fourth-order valence-electron chi connectivity index (χ4n) is 2.54. The number of aryl methyl sites for hydroxylation is 1. The molecule has 0 bridgehead atoms. The van der Waals surface area contributed by atoms with Crippen LogP contribution in [0.4, 0.5) is 11.8 Å². The molecule has 1 heterocycles. The number of hydrogen-bond donors (Lipinski definition) is 2. The molecular weight excluding hydrogens is 320 g/mol. The van der Waals surface area contributed by atoms with Gasteiger partial charge in [0.15, 0.2) is 0 Å². The Labute approximate surface area is 146 Å². The Morgan fingerprint density at radius 2 is 1.79 bits per heavy atom. The quantitative estimate of drug-likeness (QED) is 0.726. The van der Waals surface area contributed by atoms with Crippen molar-refractivity contribution in [2.24, 2.45) is 0 Å². The largest absolute Gasteiger partial charge is 0.370 e. The molecule has 4 nitrogen and oxygen atoms in total. The molecule has 0 aliphatic carbocycles. The van der Waals surface area contributed by atoms with Crippen LogP contribution in [0.25, 0.3) is 11.3 Å². The van der Waals surface area contributed by atoms with Crippen LogP contribution in [0.3, 0.4) is 0 Å². The van der Waals surface area contributed by atoms with E-state index in [2.05, 4.69) is 28.3 Å². The van der Waals surface area contributed by atoms with E-state index < -0.39 is 0 Å². The van der Waals surface area contributed by atoms with Gasteiger partial charge in [0.25, 0.3) is 0 Å². The summed E-state index contributed by atoms with van der Waals surface area (Å²) in [5.74, 6) is 1.000. The Kier molecular flexibility index (Phi) is 4.96. The normalized spacial score (nSPS) is 10.6. The summed E-state index contributed by atoms with van der Waals surface area (Å²) in [5.41, 5.74) is 10.1. The Hall–Kier alpha value is -2.59. The van der Waals surface area contributed by atoms with Crippen LogP contribution in [0.2, 0.25) is 5.02 Å². The van der Waals surface area contributed by atoms with E-state index >= 15 is 0 Å². The van der Waals surface area contributed by atoms with Gasteiger partial charge in [-0.1, -0.05) is 48.0 Å². The average molecular weight is 339 g/mol. The van der Waals surface area contributed by atoms with Crippen molar-refractivity contribution in [1.82, 2.24) is 9.97 Å². The van der Waals surface area contributed by atoms with Gasteiger partial charge in [0.05, 0.1) is 5.69 Å². The number of benzene rings is 2. The Morgan fingerprint density at radius 1 is 1.04 bits per heavy atom. The lowest BCUT2D eigenvalue weighted by Crippen LogP contribution is -2.08. The van der Waals surface area contributed by atoms with Crippen molar-refractivity contribution in [3.63, 3.8) is 0 Å².